The standard InChI is InChI=1S/C22H23N3O4.C10H14.C6H12N3P.2ClH.Ru/c1-4-16-6-5-7-17(12-16)25-22-18-13-20(28-10-8-26-2)21(29-11-9-27-3)14-19(18)23-15-24-22;1-8(2)10-6-4-9(3)5-7-10;1-7-2-9-3-8(1)5-10(4-7)6-9;;;/h1,5-7,12-15H,8-11H2,2-3H3,(H,23,24,25);4-8H,1-3H3;1-6H2;2*1H;/q;;;;;+2/p-2. The Hall–Kier alpha value is -2.61. The summed E-state index contributed by atoms with van der Waals surface area (Å²) in [4.78, 5) is 16.5. The van der Waals surface area contributed by atoms with Crippen molar-refractivity contribution in [1.82, 2.24) is 24.7 Å². The first kappa shape index (κ1) is 42.1. The molecule has 4 bridgehead atoms. The summed E-state index contributed by atoms with van der Waals surface area (Å²) in [6.45, 7) is 12.0. The van der Waals surface area contributed by atoms with Crippen LogP contribution in [0.25, 0.3) is 10.9 Å². The maximum atomic E-state index is 5.86. The van der Waals surface area contributed by atoms with Crippen molar-refractivity contribution in [1.29, 1.82) is 0 Å². The molecule has 0 unspecified atom stereocenters. The summed E-state index contributed by atoms with van der Waals surface area (Å²) in [7, 11) is 13.3. The zero-order valence-electron chi connectivity index (χ0n) is 30.5. The van der Waals surface area contributed by atoms with E-state index < -0.39 is 0 Å². The third-order valence-electron chi connectivity index (χ3n) is 8.23. The molecule has 3 aromatic carbocycles. The van der Waals surface area contributed by atoms with Crippen molar-refractivity contribution >= 4 is 49.7 Å². The molecule has 52 heavy (non-hydrogen) atoms. The number of fused-ring (bicyclic) bond motifs is 1. The van der Waals surface area contributed by atoms with Crippen LogP contribution in [0.5, 0.6) is 11.5 Å². The van der Waals surface area contributed by atoms with Gasteiger partial charge in [0.15, 0.2) is 11.5 Å². The van der Waals surface area contributed by atoms with Crippen LogP contribution in [0, 0.1) is 19.3 Å². The van der Waals surface area contributed by atoms with Crippen molar-refractivity contribution < 1.29 is 34.1 Å². The molecule has 0 spiro atoms. The SMILES string of the molecule is C#Cc1cccc(Nc2ncnc3cc(OCCOC)c(OCCOC)cc23)c1.C1N2CN3CN1CP(C2)C3.Cc1ccc(C(C)C)cc1.[Cl][Ru][Cl]. The van der Waals surface area contributed by atoms with Gasteiger partial charge in [-0.3, -0.25) is 14.7 Å². The number of hydrogen-bond acceptors (Lipinski definition) is 10. The summed E-state index contributed by atoms with van der Waals surface area (Å²) in [5, 5.41) is 4.10. The zero-order valence-corrected chi connectivity index (χ0v) is 34.6. The Morgan fingerprint density at radius 2 is 1.42 bits per heavy atom. The van der Waals surface area contributed by atoms with E-state index in [0.717, 1.165) is 22.2 Å². The van der Waals surface area contributed by atoms with Gasteiger partial charge in [-0.05, 0) is 42.7 Å². The molecule has 0 atom stereocenters. The normalized spacial score (nSPS) is 19.4. The van der Waals surface area contributed by atoms with Gasteiger partial charge in [0.05, 0.1) is 38.7 Å². The van der Waals surface area contributed by atoms with Crippen LogP contribution in [0.2, 0.25) is 0 Å². The molecule has 4 fully saturated rings. The van der Waals surface area contributed by atoms with E-state index in [4.69, 9.17) is 44.8 Å². The molecule has 0 saturated carbocycles. The van der Waals surface area contributed by atoms with Crippen molar-refractivity contribution in [3.05, 3.63) is 83.7 Å². The van der Waals surface area contributed by atoms with Gasteiger partial charge in [0, 0.05) is 55.8 Å². The molecular weight excluding hydrogens is 807 g/mol. The number of halogens is 2. The number of hydrogen-bond donors (Lipinski definition) is 1. The van der Waals surface area contributed by atoms with Crippen LogP contribution < -0.4 is 14.8 Å². The topological polar surface area (TPSA) is 84.5 Å². The van der Waals surface area contributed by atoms with Crippen LogP contribution in [-0.2, 0) is 24.6 Å². The molecule has 4 aromatic rings. The van der Waals surface area contributed by atoms with E-state index in [-0.39, 0.29) is 15.1 Å². The number of benzene rings is 3. The van der Waals surface area contributed by atoms with E-state index in [1.807, 2.05) is 36.4 Å². The third-order valence-corrected chi connectivity index (χ3v) is 10.6. The molecule has 4 saturated heterocycles. The first-order chi connectivity index (χ1) is 25.3. The molecule has 1 N–H and O–H groups in total. The summed E-state index contributed by atoms with van der Waals surface area (Å²) in [6, 6.07) is 20.0. The summed E-state index contributed by atoms with van der Waals surface area (Å²) < 4.78 is 21.8. The summed E-state index contributed by atoms with van der Waals surface area (Å²) >= 11 is -0.346. The van der Waals surface area contributed by atoms with Gasteiger partial charge in [-0.2, -0.15) is 0 Å². The maximum absolute atomic E-state index is 5.86. The van der Waals surface area contributed by atoms with Crippen LogP contribution in [0.15, 0.2) is 67.0 Å². The fourth-order valence-electron chi connectivity index (χ4n) is 5.87. The quantitative estimate of drug-likeness (QED) is 0.0693. The second kappa shape index (κ2) is 22.6. The molecule has 0 radical (unpaired) electrons. The van der Waals surface area contributed by atoms with Crippen LogP contribution in [0.3, 0.4) is 0 Å². The number of anilines is 2. The van der Waals surface area contributed by atoms with Gasteiger partial charge < -0.3 is 24.3 Å². The second-order valence-corrected chi connectivity index (χ2v) is 17.5. The minimum atomic E-state index is -0.346. The van der Waals surface area contributed by atoms with E-state index >= 15 is 0 Å². The molecule has 4 aliphatic heterocycles. The Balaban J connectivity index is 0.000000210. The first-order valence-corrected chi connectivity index (χ1v) is 23.3. The molecule has 282 valence electrons. The first-order valence-electron chi connectivity index (χ1n) is 16.9. The van der Waals surface area contributed by atoms with E-state index in [0.29, 0.717) is 57.6 Å². The minimum absolute atomic E-state index is 0.346. The van der Waals surface area contributed by atoms with Crippen LogP contribution in [0.4, 0.5) is 11.5 Å². The second-order valence-electron chi connectivity index (χ2n) is 12.7. The Bertz CT molecular complexity index is 1660. The molecule has 10 nitrogen and oxygen atoms in total. The van der Waals surface area contributed by atoms with Crippen LogP contribution >= 0.6 is 27.3 Å². The molecule has 1 aromatic heterocycles. The Labute approximate surface area is 325 Å². The van der Waals surface area contributed by atoms with E-state index in [2.05, 4.69) is 80.9 Å². The van der Waals surface area contributed by atoms with E-state index in [1.54, 1.807) is 14.2 Å². The number of nitrogens with zero attached hydrogens (tertiary/aromatic N) is 5. The summed E-state index contributed by atoms with van der Waals surface area (Å²) in [5.41, 5.74) is 5.10. The Kier molecular flexibility index (Phi) is 18.3. The zero-order chi connectivity index (χ0) is 37.3. The fraction of sp³-hybridized carbons (Fsp3) is 0.421. The number of terminal acetylenes is 1. The molecule has 4 aliphatic rings. The fourth-order valence-corrected chi connectivity index (χ4v) is 8.37. The van der Waals surface area contributed by atoms with Gasteiger partial charge in [0.2, 0.25) is 0 Å². The van der Waals surface area contributed by atoms with Crippen molar-refractivity contribution in [2.75, 3.05) is 84.8 Å². The third kappa shape index (κ3) is 13.4. The molecule has 5 heterocycles. The summed E-state index contributed by atoms with van der Waals surface area (Å²) in [5.74, 6) is 5.10. The number of ether oxygens (including phenoxy) is 4. The van der Waals surface area contributed by atoms with Gasteiger partial charge in [0.1, 0.15) is 25.4 Å². The molecule has 0 aliphatic carbocycles. The van der Waals surface area contributed by atoms with Gasteiger partial charge in [-0.25, -0.2) is 9.97 Å². The van der Waals surface area contributed by atoms with Crippen LogP contribution in [0.1, 0.15) is 36.5 Å². The number of aromatic nitrogens is 2. The number of rotatable bonds is 11. The van der Waals surface area contributed by atoms with E-state index in [9.17, 15) is 0 Å². The average Bonchev–Trinajstić information content (AvgIpc) is 3.13. The Morgan fingerprint density at radius 3 is 1.94 bits per heavy atom. The van der Waals surface area contributed by atoms with Crippen molar-refractivity contribution in [2.45, 2.75) is 26.7 Å². The molecule has 14 heteroatoms. The van der Waals surface area contributed by atoms with Crippen molar-refractivity contribution in [3.8, 4) is 23.8 Å². The van der Waals surface area contributed by atoms with E-state index in [1.165, 1.54) is 56.3 Å². The molecule has 8 rings (SSSR count). The van der Waals surface area contributed by atoms with Gasteiger partial charge in [0.25, 0.3) is 0 Å². The Morgan fingerprint density at radius 1 is 0.846 bits per heavy atom. The number of nitrogens with one attached hydrogen (secondary N) is 1. The van der Waals surface area contributed by atoms with Crippen LogP contribution in [-0.4, -0.2) is 104 Å². The van der Waals surface area contributed by atoms with Gasteiger partial charge >= 0.3 is 34.5 Å². The van der Waals surface area contributed by atoms with Crippen molar-refractivity contribution in [2.24, 2.45) is 0 Å². The van der Waals surface area contributed by atoms with Gasteiger partial charge in [-0.1, -0.05) is 63.6 Å². The molecule has 0 amide bonds. The monoisotopic (exact) mass is 856 g/mol. The molecular formula is C38H49Cl2N6O4PRu. The predicted octanol–water partition coefficient (Wildman–Crippen LogP) is 8.06. The summed E-state index contributed by atoms with van der Waals surface area (Å²) in [6.07, 6.45) is 11.3. The average molecular weight is 857 g/mol. The van der Waals surface area contributed by atoms with Crippen molar-refractivity contribution in [3.63, 3.8) is 0 Å². The number of aryl methyl sites for hydroxylation is 1. The predicted molar refractivity (Wildman–Crippen MR) is 211 cm³/mol. The number of methoxy groups -OCH3 is 2. The van der Waals surface area contributed by atoms with Gasteiger partial charge in [-0.15, -0.1) is 6.42 Å².